The molecule has 1 unspecified atom stereocenters. The molecular weight excluding hydrogens is 220 g/mol. The maximum absolute atomic E-state index is 10.8. The molecule has 2 rings (SSSR count). The molecule has 0 bridgehead atoms. The van der Waals surface area contributed by atoms with Crippen LogP contribution in [0.25, 0.3) is 6.08 Å². The third kappa shape index (κ3) is 2.11. The van der Waals surface area contributed by atoms with Crippen molar-refractivity contribution in [3.8, 4) is 11.5 Å². The van der Waals surface area contributed by atoms with Crippen molar-refractivity contribution < 1.29 is 19.4 Å². The minimum atomic E-state index is -0.814. The fourth-order valence-corrected chi connectivity index (χ4v) is 2.12. The van der Waals surface area contributed by atoms with E-state index in [4.69, 9.17) is 14.6 Å². The van der Waals surface area contributed by atoms with Crippen LogP contribution in [-0.4, -0.2) is 25.3 Å². The number of allylic oxidation sites excluding steroid dienone is 1. The Bertz CT molecular complexity index is 477. The number of hydrogen-bond donors (Lipinski definition) is 1. The Kier molecular flexibility index (Phi) is 3.04. The van der Waals surface area contributed by atoms with Gasteiger partial charge in [0.05, 0.1) is 20.6 Å². The van der Waals surface area contributed by atoms with Gasteiger partial charge >= 0.3 is 5.97 Å². The molecule has 90 valence electrons. The van der Waals surface area contributed by atoms with Gasteiger partial charge in [-0.05, 0) is 11.6 Å². The van der Waals surface area contributed by atoms with E-state index in [0.29, 0.717) is 11.5 Å². The lowest BCUT2D eigenvalue weighted by Crippen LogP contribution is -2.04. The van der Waals surface area contributed by atoms with Crippen molar-refractivity contribution in [2.75, 3.05) is 14.2 Å². The maximum Gasteiger partial charge on any atom is 0.304 e. The molecule has 4 nitrogen and oxygen atoms in total. The molecule has 1 N–H and O–H groups in total. The average Bonchev–Trinajstić information content (AvgIpc) is 2.70. The van der Waals surface area contributed by atoms with Crippen LogP contribution in [0.15, 0.2) is 18.2 Å². The van der Waals surface area contributed by atoms with Gasteiger partial charge in [0.1, 0.15) is 11.5 Å². The summed E-state index contributed by atoms with van der Waals surface area (Å²) < 4.78 is 10.5. The van der Waals surface area contributed by atoms with Crippen LogP contribution >= 0.6 is 0 Å². The summed E-state index contributed by atoms with van der Waals surface area (Å²) >= 11 is 0. The Hall–Kier alpha value is -1.97. The molecule has 1 atom stereocenters. The molecule has 1 aliphatic rings. The highest BCUT2D eigenvalue weighted by atomic mass is 16.5. The smallest absolute Gasteiger partial charge is 0.304 e. The SMILES string of the molecule is COc1cc2c(c(OC)c1)C(CC(=O)O)C=C2. The van der Waals surface area contributed by atoms with Gasteiger partial charge in [-0.2, -0.15) is 0 Å². The Morgan fingerprint density at radius 3 is 2.71 bits per heavy atom. The fourth-order valence-electron chi connectivity index (χ4n) is 2.12. The molecule has 0 aromatic heterocycles. The molecule has 1 aromatic rings. The van der Waals surface area contributed by atoms with Gasteiger partial charge in [-0.3, -0.25) is 4.79 Å². The molecule has 0 saturated carbocycles. The molecule has 4 heteroatoms. The van der Waals surface area contributed by atoms with Crippen LogP contribution in [0.1, 0.15) is 23.5 Å². The quantitative estimate of drug-likeness (QED) is 0.868. The zero-order valence-electron chi connectivity index (χ0n) is 9.77. The summed E-state index contributed by atoms with van der Waals surface area (Å²) in [7, 11) is 3.17. The first kappa shape index (κ1) is 11.5. The zero-order valence-corrected chi connectivity index (χ0v) is 9.77. The summed E-state index contributed by atoms with van der Waals surface area (Å²) in [5, 5.41) is 8.86. The highest BCUT2D eigenvalue weighted by Gasteiger charge is 2.24. The normalized spacial score (nSPS) is 16.7. The van der Waals surface area contributed by atoms with Crippen LogP contribution in [0.5, 0.6) is 11.5 Å². The summed E-state index contributed by atoms with van der Waals surface area (Å²) in [6.07, 6.45) is 3.88. The number of methoxy groups -OCH3 is 2. The van der Waals surface area contributed by atoms with Crippen LogP contribution in [0.2, 0.25) is 0 Å². The van der Waals surface area contributed by atoms with Crippen molar-refractivity contribution in [2.45, 2.75) is 12.3 Å². The number of fused-ring (bicyclic) bond motifs is 1. The molecule has 1 aliphatic carbocycles. The van der Waals surface area contributed by atoms with Crippen LogP contribution < -0.4 is 9.47 Å². The molecule has 0 aliphatic heterocycles. The minimum absolute atomic E-state index is 0.0756. The van der Waals surface area contributed by atoms with Crippen LogP contribution in [0.4, 0.5) is 0 Å². The number of aliphatic carboxylic acids is 1. The second-order valence-corrected chi connectivity index (χ2v) is 3.90. The number of ether oxygens (including phenoxy) is 2. The highest BCUT2D eigenvalue weighted by Crippen LogP contribution is 2.41. The van der Waals surface area contributed by atoms with Crippen molar-refractivity contribution in [1.82, 2.24) is 0 Å². The molecule has 0 fully saturated rings. The lowest BCUT2D eigenvalue weighted by molar-refractivity contribution is -0.137. The molecule has 17 heavy (non-hydrogen) atoms. The topological polar surface area (TPSA) is 55.8 Å². The number of rotatable bonds is 4. The van der Waals surface area contributed by atoms with Gasteiger partial charge in [0.2, 0.25) is 0 Å². The van der Waals surface area contributed by atoms with Gasteiger partial charge in [0, 0.05) is 17.5 Å². The van der Waals surface area contributed by atoms with Gasteiger partial charge < -0.3 is 14.6 Å². The number of carboxylic acids is 1. The lowest BCUT2D eigenvalue weighted by Gasteiger charge is -2.14. The number of benzene rings is 1. The number of hydrogen-bond acceptors (Lipinski definition) is 3. The van der Waals surface area contributed by atoms with E-state index in [2.05, 4.69) is 0 Å². The molecule has 1 aromatic carbocycles. The molecule has 0 amide bonds. The van der Waals surface area contributed by atoms with Gasteiger partial charge in [0.25, 0.3) is 0 Å². The second kappa shape index (κ2) is 4.49. The fraction of sp³-hybridized carbons (Fsp3) is 0.308. The summed E-state index contributed by atoms with van der Waals surface area (Å²) in [6, 6.07) is 3.66. The Balaban J connectivity index is 2.43. The summed E-state index contributed by atoms with van der Waals surface area (Å²) in [5.41, 5.74) is 1.89. The van der Waals surface area contributed by atoms with E-state index >= 15 is 0 Å². The molecule has 0 saturated heterocycles. The van der Waals surface area contributed by atoms with E-state index in [9.17, 15) is 4.79 Å². The molecule has 0 radical (unpaired) electrons. The van der Waals surface area contributed by atoms with E-state index in [1.165, 1.54) is 0 Å². The lowest BCUT2D eigenvalue weighted by atomic mass is 9.96. The molecular formula is C13H14O4. The van der Waals surface area contributed by atoms with Gasteiger partial charge in [-0.25, -0.2) is 0 Å². The van der Waals surface area contributed by atoms with Crippen molar-refractivity contribution >= 4 is 12.0 Å². The summed E-state index contributed by atoms with van der Waals surface area (Å²) in [5.74, 6) is 0.450. The highest BCUT2D eigenvalue weighted by molar-refractivity contribution is 5.74. The number of carboxylic acid groups (broad SMARTS) is 1. The van der Waals surface area contributed by atoms with E-state index in [-0.39, 0.29) is 12.3 Å². The third-order valence-electron chi connectivity index (χ3n) is 2.88. The van der Waals surface area contributed by atoms with E-state index in [1.807, 2.05) is 18.2 Å². The first-order valence-electron chi connectivity index (χ1n) is 5.31. The largest absolute Gasteiger partial charge is 0.497 e. The van der Waals surface area contributed by atoms with Gasteiger partial charge in [-0.15, -0.1) is 0 Å². The predicted molar refractivity (Wildman–Crippen MR) is 63.6 cm³/mol. The van der Waals surface area contributed by atoms with Crippen molar-refractivity contribution in [1.29, 1.82) is 0 Å². The first-order valence-corrected chi connectivity index (χ1v) is 5.31. The Morgan fingerprint density at radius 2 is 2.12 bits per heavy atom. The van der Waals surface area contributed by atoms with E-state index < -0.39 is 5.97 Å². The standard InChI is InChI=1S/C13H14O4/c1-16-10-5-8-3-4-9(6-12(14)15)13(8)11(7-10)17-2/h3-5,7,9H,6H2,1-2H3,(H,14,15). The minimum Gasteiger partial charge on any atom is -0.497 e. The number of carbonyl (C=O) groups is 1. The second-order valence-electron chi connectivity index (χ2n) is 3.90. The molecule has 0 spiro atoms. The Labute approximate surface area is 99.5 Å². The zero-order chi connectivity index (χ0) is 12.4. The van der Waals surface area contributed by atoms with Gasteiger partial charge in [0.15, 0.2) is 0 Å². The van der Waals surface area contributed by atoms with Crippen LogP contribution in [-0.2, 0) is 4.79 Å². The van der Waals surface area contributed by atoms with Crippen LogP contribution in [0.3, 0.4) is 0 Å². The van der Waals surface area contributed by atoms with Crippen molar-refractivity contribution in [3.63, 3.8) is 0 Å². The molecule has 0 heterocycles. The monoisotopic (exact) mass is 234 g/mol. The maximum atomic E-state index is 10.8. The predicted octanol–water partition coefficient (Wildman–Crippen LogP) is 2.29. The van der Waals surface area contributed by atoms with Gasteiger partial charge in [-0.1, -0.05) is 12.2 Å². The first-order chi connectivity index (χ1) is 8.15. The van der Waals surface area contributed by atoms with E-state index in [1.54, 1.807) is 20.3 Å². The Morgan fingerprint density at radius 1 is 1.35 bits per heavy atom. The summed E-state index contributed by atoms with van der Waals surface area (Å²) in [4.78, 5) is 10.8. The average molecular weight is 234 g/mol. The van der Waals surface area contributed by atoms with Crippen molar-refractivity contribution in [3.05, 3.63) is 29.3 Å². The van der Waals surface area contributed by atoms with Crippen molar-refractivity contribution in [2.24, 2.45) is 0 Å². The summed E-state index contributed by atoms with van der Waals surface area (Å²) in [6.45, 7) is 0. The third-order valence-corrected chi connectivity index (χ3v) is 2.88. The van der Waals surface area contributed by atoms with E-state index in [0.717, 1.165) is 11.1 Å². The van der Waals surface area contributed by atoms with Crippen LogP contribution in [0, 0.1) is 0 Å².